The van der Waals surface area contributed by atoms with E-state index in [1.165, 1.54) is 17.4 Å². The summed E-state index contributed by atoms with van der Waals surface area (Å²) in [5, 5.41) is 10.6. The fraction of sp³-hybridized carbons (Fsp3) is 0.200. The molecule has 21 heavy (non-hydrogen) atoms. The highest BCUT2D eigenvalue weighted by Gasteiger charge is 2.34. The van der Waals surface area contributed by atoms with Gasteiger partial charge in [-0.2, -0.15) is 0 Å². The topological polar surface area (TPSA) is 49.8 Å². The molecular formula is C15H13ClNO3S. The number of nitrogens with zero attached hydrogens (tertiary/aromatic N) is 1. The summed E-state index contributed by atoms with van der Waals surface area (Å²) in [6.07, 6.45) is 1.88. The molecular weight excluding hydrogens is 310 g/mol. The zero-order valence-corrected chi connectivity index (χ0v) is 13.0. The lowest BCUT2D eigenvalue weighted by Crippen LogP contribution is -2.34. The molecule has 1 aliphatic heterocycles. The number of carbonyl (C=O) groups is 1. The lowest BCUT2D eigenvalue weighted by Gasteiger charge is -2.21. The number of phenolic OH excluding ortho intramolecular Hbond substituents is 1. The van der Waals surface area contributed by atoms with Gasteiger partial charge in [0, 0.05) is 23.7 Å². The van der Waals surface area contributed by atoms with Crippen LogP contribution in [-0.4, -0.2) is 24.2 Å². The van der Waals surface area contributed by atoms with E-state index in [1.54, 1.807) is 30.2 Å². The van der Waals surface area contributed by atoms with Gasteiger partial charge in [-0.15, -0.1) is 0 Å². The number of hydrogen-bond donors (Lipinski definition) is 1. The van der Waals surface area contributed by atoms with E-state index < -0.39 is 0 Å². The van der Waals surface area contributed by atoms with E-state index in [0.29, 0.717) is 21.2 Å². The van der Waals surface area contributed by atoms with Gasteiger partial charge in [0.1, 0.15) is 5.75 Å². The molecule has 1 N–H and O–H groups in total. The van der Waals surface area contributed by atoms with Gasteiger partial charge in [-0.25, -0.2) is 0 Å². The molecule has 1 radical (unpaired) electrons. The Hall–Kier alpha value is -1.72. The molecule has 1 aliphatic rings. The van der Waals surface area contributed by atoms with Crippen molar-refractivity contribution in [3.05, 3.63) is 46.1 Å². The monoisotopic (exact) mass is 322 g/mol. The maximum atomic E-state index is 12.7. The largest absolute Gasteiger partial charge is 0.506 e. The maximum absolute atomic E-state index is 12.7. The van der Waals surface area contributed by atoms with Crippen LogP contribution >= 0.6 is 22.9 Å². The number of ether oxygens (including phenoxy) is 1. The van der Waals surface area contributed by atoms with Gasteiger partial charge >= 0.3 is 0 Å². The standard InChI is InChI=1S/C15H13ClNO3S/c1-8-7-9-10(3-4-11(18)14(9)16)17(8)15(19)12-5-6-13(20-2)21-12/h3-8,18H,1-2H3. The SMILES string of the molecule is COc1ccc(C(=O)N2c3ccc(O)c(Cl)c3[CH]C2C)s1. The van der Waals surface area contributed by atoms with Crippen molar-refractivity contribution in [2.45, 2.75) is 13.0 Å². The molecule has 0 spiro atoms. The highest BCUT2D eigenvalue weighted by Crippen LogP contribution is 2.43. The smallest absolute Gasteiger partial charge is 0.268 e. The van der Waals surface area contributed by atoms with Crippen molar-refractivity contribution < 1.29 is 14.6 Å². The first kappa shape index (κ1) is 14.2. The molecule has 0 aliphatic carbocycles. The first-order valence-corrected chi connectivity index (χ1v) is 7.56. The average molecular weight is 323 g/mol. The number of fused-ring (bicyclic) bond motifs is 1. The molecule has 1 unspecified atom stereocenters. The van der Waals surface area contributed by atoms with Crippen LogP contribution in [0.15, 0.2) is 24.3 Å². The van der Waals surface area contributed by atoms with Crippen molar-refractivity contribution in [1.82, 2.24) is 0 Å². The van der Waals surface area contributed by atoms with Crippen LogP contribution in [-0.2, 0) is 0 Å². The number of hydrogen-bond acceptors (Lipinski definition) is 4. The Kier molecular flexibility index (Phi) is 3.55. The first-order valence-electron chi connectivity index (χ1n) is 6.36. The Morgan fingerprint density at radius 2 is 2.14 bits per heavy atom. The average Bonchev–Trinajstić information content (AvgIpc) is 3.06. The van der Waals surface area contributed by atoms with E-state index in [-0.39, 0.29) is 22.7 Å². The molecule has 1 aromatic heterocycles. The quantitative estimate of drug-likeness (QED) is 0.916. The van der Waals surface area contributed by atoms with Crippen molar-refractivity contribution in [2.75, 3.05) is 12.0 Å². The zero-order valence-electron chi connectivity index (χ0n) is 11.5. The molecule has 1 atom stereocenters. The summed E-state index contributed by atoms with van der Waals surface area (Å²) >= 11 is 7.41. The van der Waals surface area contributed by atoms with Gasteiger partial charge in [0.15, 0.2) is 5.06 Å². The fourth-order valence-corrected chi connectivity index (χ4v) is 3.41. The number of methoxy groups -OCH3 is 1. The number of amides is 1. The van der Waals surface area contributed by atoms with Gasteiger partial charge in [0.2, 0.25) is 0 Å². The molecule has 109 valence electrons. The molecule has 1 aromatic carbocycles. The highest BCUT2D eigenvalue weighted by atomic mass is 35.5. The van der Waals surface area contributed by atoms with Crippen LogP contribution in [0.4, 0.5) is 5.69 Å². The summed E-state index contributed by atoms with van der Waals surface area (Å²) in [5.41, 5.74) is 1.41. The molecule has 0 bridgehead atoms. The van der Waals surface area contributed by atoms with Crippen LogP contribution in [0.3, 0.4) is 0 Å². The van der Waals surface area contributed by atoms with E-state index in [9.17, 15) is 9.90 Å². The number of phenols is 1. The van der Waals surface area contributed by atoms with E-state index >= 15 is 0 Å². The van der Waals surface area contributed by atoms with E-state index in [1.807, 2.05) is 13.3 Å². The van der Waals surface area contributed by atoms with Crippen LogP contribution in [0, 0.1) is 6.42 Å². The second kappa shape index (κ2) is 5.24. The number of aromatic hydroxyl groups is 1. The van der Waals surface area contributed by atoms with Crippen molar-refractivity contribution in [2.24, 2.45) is 0 Å². The molecule has 0 saturated carbocycles. The van der Waals surface area contributed by atoms with Gasteiger partial charge in [-0.3, -0.25) is 4.79 Å². The van der Waals surface area contributed by atoms with Gasteiger partial charge in [0.25, 0.3) is 5.91 Å². The van der Waals surface area contributed by atoms with Crippen molar-refractivity contribution in [3.63, 3.8) is 0 Å². The Morgan fingerprint density at radius 3 is 2.81 bits per heavy atom. The van der Waals surface area contributed by atoms with Crippen LogP contribution in [0.25, 0.3) is 0 Å². The summed E-state index contributed by atoms with van der Waals surface area (Å²) in [4.78, 5) is 15.0. The molecule has 1 amide bonds. The Bertz CT molecular complexity index is 713. The minimum Gasteiger partial charge on any atom is -0.506 e. The van der Waals surface area contributed by atoms with E-state index in [0.717, 1.165) is 0 Å². The second-order valence-corrected chi connectivity index (χ2v) is 6.16. The fourth-order valence-electron chi connectivity index (χ4n) is 2.43. The molecule has 6 heteroatoms. The number of benzene rings is 1. The summed E-state index contributed by atoms with van der Waals surface area (Å²) in [6.45, 7) is 1.91. The predicted octanol–water partition coefficient (Wildman–Crippen LogP) is 3.72. The predicted molar refractivity (Wildman–Crippen MR) is 83.7 cm³/mol. The third-order valence-corrected chi connectivity index (χ3v) is 4.85. The number of anilines is 1. The molecule has 2 heterocycles. The van der Waals surface area contributed by atoms with Gasteiger partial charge in [-0.05, 0) is 31.2 Å². The van der Waals surface area contributed by atoms with E-state index in [2.05, 4.69) is 0 Å². The number of rotatable bonds is 2. The number of halogens is 1. The molecule has 0 saturated heterocycles. The number of thiophene rings is 1. The minimum atomic E-state index is -0.125. The molecule has 0 fully saturated rings. The third kappa shape index (κ3) is 2.26. The Balaban J connectivity index is 2.00. The van der Waals surface area contributed by atoms with Crippen LogP contribution in [0.1, 0.15) is 22.2 Å². The third-order valence-electron chi connectivity index (χ3n) is 3.42. The summed E-state index contributed by atoms with van der Waals surface area (Å²) in [6, 6.07) is 6.60. The van der Waals surface area contributed by atoms with Crippen LogP contribution in [0.2, 0.25) is 5.02 Å². The first-order chi connectivity index (χ1) is 10.0. The highest BCUT2D eigenvalue weighted by molar-refractivity contribution is 7.15. The van der Waals surface area contributed by atoms with Gasteiger partial charge in [-0.1, -0.05) is 22.9 Å². The summed E-state index contributed by atoms with van der Waals surface area (Å²) in [5.74, 6) is -0.0847. The molecule has 2 aromatic rings. The molecule has 4 nitrogen and oxygen atoms in total. The van der Waals surface area contributed by atoms with Crippen molar-refractivity contribution in [1.29, 1.82) is 0 Å². The van der Waals surface area contributed by atoms with E-state index in [4.69, 9.17) is 16.3 Å². The zero-order chi connectivity index (χ0) is 15.1. The van der Waals surface area contributed by atoms with Crippen LogP contribution < -0.4 is 9.64 Å². The lowest BCUT2D eigenvalue weighted by molar-refractivity contribution is 0.0987. The maximum Gasteiger partial charge on any atom is 0.268 e. The lowest BCUT2D eigenvalue weighted by atomic mass is 10.1. The Labute approximate surface area is 131 Å². The second-order valence-electron chi connectivity index (χ2n) is 4.74. The summed E-state index contributed by atoms with van der Waals surface area (Å²) < 4.78 is 5.12. The minimum absolute atomic E-state index is 0.0194. The van der Waals surface area contributed by atoms with Crippen molar-refractivity contribution >= 4 is 34.5 Å². The van der Waals surface area contributed by atoms with Crippen molar-refractivity contribution in [3.8, 4) is 10.8 Å². The Morgan fingerprint density at radius 1 is 1.38 bits per heavy atom. The van der Waals surface area contributed by atoms with Crippen LogP contribution in [0.5, 0.6) is 10.8 Å². The number of carbonyl (C=O) groups excluding carboxylic acids is 1. The van der Waals surface area contributed by atoms with Gasteiger partial charge < -0.3 is 14.7 Å². The molecule has 3 rings (SSSR count). The van der Waals surface area contributed by atoms with Gasteiger partial charge in [0.05, 0.1) is 17.0 Å². The summed E-state index contributed by atoms with van der Waals surface area (Å²) in [7, 11) is 1.57. The normalized spacial score (nSPS) is 16.9.